The summed E-state index contributed by atoms with van der Waals surface area (Å²) in [7, 11) is 1.60. The fourth-order valence-electron chi connectivity index (χ4n) is 1.74. The molecule has 1 unspecified atom stereocenters. The average Bonchev–Trinajstić information content (AvgIpc) is 2.77. The summed E-state index contributed by atoms with van der Waals surface area (Å²) < 4.78 is 6.50. The highest BCUT2D eigenvalue weighted by molar-refractivity contribution is 5.75. The lowest BCUT2D eigenvalue weighted by Gasteiger charge is -2.12. The Morgan fingerprint density at radius 2 is 2.37 bits per heavy atom. The molecule has 0 saturated carbocycles. The summed E-state index contributed by atoms with van der Waals surface area (Å²) in [4.78, 5) is 11.7. The van der Waals surface area contributed by atoms with Gasteiger partial charge in [-0.25, -0.2) is 4.68 Å². The summed E-state index contributed by atoms with van der Waals surface area (Å²) >= 11 is 0. The van der Waals surface area contributed by atoms with Crippen molar-refractivity contribution in [1.82, 2.24) is 20.3 Å². The van der Waals surface area contributed by atoms with E-state index in [0.717, 1.165) is 25.0 Å². The molecule has 1 aromatic heterocycles. The van der Waals surface area contributed by atoms with Crippen molar-refractivity contribution in [2.45, 2.75) is 38.8 Å². The number of unbranched alkanes of at least 4 members (excludes halogenated alkanes) is 1. The number of methoxy groups -OCH3 is 1. The van der Waals surface area contributed by atoms with Gasteiger partial charge in [-0.15, -0.1) is 5.10 Å². The Morgan fingerprint density at radius 3 is 3.05 bits per heavy atom. The van der Waals surface area contributed by atoms with E-state index in [1.54, 1.807) is 18.0 Å². The number of nitrogens with one attached hydrogen (secondary N) is 1. The van der Waals surface area contributed by atoms with E-state index in [9.17, 15) is 4.79 Å². The highest BCUT2D eigenvalue weighted by Gasteiger charge is 2.09. The summed E-state index contributed by atoms with van der Waals surface area (Å²) in [5.41, 5.74) is 6.32. The van der Waals surface area contributed by atoms with Crippen LogP contribution >= 0.6 is 0 Å². The van der Waals surface area contributed by atoms with Gasteiger partial charge < -0.3 is 15.8 Å². The zero-order valence-corrected chi connectivity index (χ0v) is 11.6. The number of nitrogens with zero attached hydrogens (tertiary/aromatic N) is 3. The Labute approximate surface area is 113 Å². The first kappa shape index (κ1) is 15.6. The normalized spacial score (nSPS) is 12.4. The number of nitrogens with two attached hydrogens (primary N) is 1. The van der Waals surface area contributed by atoms with Crippen molar-refractivity contribution in [3.05, 3.63) is 11.9 Å². The highest BCUT2D eigenvalue weighted by atomic mass is 16.5. The Morgan fingerprint density at radius 1 is 1.58 bits per heavy atom. The van der Waals surface area contributed by atoms with Crippen LogP contribution in [0.3, 0.4) is 0 Å². The predicted molar refractivity (Wildman–Crippen MR) is 71.5 cm³/mol. The third-order valence-corrected chi connectivity index (χ3v) is 2.60. The molecule has 1 aromatic rings. The SMILES string of the molecule is COCC(C)NC(=O)Cn1cc(CCCCN)nn1. The van der Waals surface area contributed by atoms with E-state index in [0.29, 0.717) is 13.2 Å². The molecule has 1 heterocycles. The van der Waals surface area contributed by atoms with E-state index < -0.39 is 0 Å². The molecule has 7 nitrogen and oxygen atoms in total. The molecule has 0 aliphatic carbocycles. The summed E-state index contributed by atoms with van der Waals surface area (Å²) in [5, 5.41) is 10.8. The van der Waals surface area contributed by atoms with E-state index in [1.165, 1.54) is 0 Å². The molecule has 1 amide bonds. The van der Waals surface area contributed by atoms with Gasteiger partial charge in [0.1, 0.15) is 6.54 Å². The van der Waals surface area contributed by atoms with Gasteiger partial charge >= 0.3 is 0 Å². The molecule has 108 valence electrons. The second-order valence-corrected chi connectivity index (χ2v) is 4.58. The average molecular weight is 269 g/mol. The number of ether oxygens (including phenoxy) is 1. The molecule has 0 radical (unpaired) electrons. The molecule has 19 heavy (non-hydrogen) atoms. The van der Waals surface area contributed by atoms with Crippen LogP contribution in [0.2, 0.25) is 0 Å². The molecule has 0 aliphatic heterocycles. The molecule has 0 bridgehead atoms. The van der Waals surface area contributed by atoms with Gasteiger partial charge in [-0.05, 0) is 32.7 Å². The largest absolute Gasteiger partial charge is 0.383 e. The first-order valence-electron chi connectivity index (χ1n) is 6.53. The number of carbonyl (C=O) groups is 1. The zero-order chi connectivity index (χ0) is 14.1. The lowest BCUT2D eigenvalue weighted by atomic mass is 10.2. The minimum Gasteiger partial charge on any atom is -0.383 e. The van der Waals surface area contributed by atoms with Crippen LogP contribution < -0.4 is 11.1 Å². The molecule has 0 aromatic carbocycles. The molecule has 7 heteroatoms. The second-order valence-electron chi connectivity index (χ2n) is 4.58. The van der Waals surface area contributed by atoms with Gasteiger partial charge in [-0.2, -0.15) is 0 Å². The highest BCUT2D eigenvalue weighted by Crippen LogP contribution is 2.00. The van der Waals surface area contributed by atoms with E-state index in [2.05, 4.69) is 15.6 Å². The molecule has 0 aliphatic rings. The number of hydrogen-bond acceptors (Lipinski definition) is 5. The minimum atomic E-state index is -0.0945. The van der Waals surface area contributed by atoms with Crippen molar-refractivity contribution in [3.8, 4) is 0 Å². The third kappa shape index (κ3) is 6.30. The van der Waals surface area contributed by atoms with E-state index >= 15 is 0 Å². The van der Waals surface area contributed by atoms with E-state index in [1.807, 2.05) is 6.92 Å². The Bertz CT molecular complexity index is 380. The topological polar surface area (TPSA) is 95.1 Å². The van der Waals surface area contributed by atoms with Crippen molar-refractivity contribution in [2.24, 2.45) is 5.73 Å². The van der Waals surface area contributed by atoms with Crippen LogP contribution in [0, 0.1) is 0 Å². The number of carbonyl (C=O) groups excluding carboxylic acids is 1. The first-order chi connectivity index (χ1) is 9.15. The van der Waals surface area contributed by atoms with Crippen molar-refractivity contribution in [3.63, 3.8) is 0 Å². The summed E-state index contributed by atoms with van der Waals surface area (Å²) in [6.07, 6.45) is 4.62. The molecule has 0 fully saturated rings. The van der Waals surface area contributed by atoms with Crippen LogP contribution in [0.4, 0.5) is 0 Å². The van der Waals surface area contributed by atoms with Crippen molar-refractivity contribution in [1.29, 1.82) is 0 Å². The molecule has 0 saturated heterocycles. The van der Waals surface area contributed by atoms with Crippen molar-refractivity contribution in [2.75, 3.05) is 20.3 Å². The van der Waals surface area contributed by atoms with E-state index in [-0.39, 0.29) is 18.5 Å². The van der Waals surface area contributed by atoms with Crippen LogP contribution in [0.25, 0.3) is 0 Å². The first-order valence-corrected chi connectivity index (χ1v) is 6.53. The molecule has 1 rings (SSSR count). The number of amides is 1. The predicted octanol–water partition coefficient (Wildman–Crippen LogP) is -0.289. The number of aromatic nitrogens is 3. The number of hydrogen-bond donors (Lipinski definition) is 2. The Hall–Kier alpha value is -1.47. The number of aryl methyl sites for hydroxylation is 1. The van der Waals surface area contributed by atoms with Gasteiger partial charge in [0.2, 0.25) is 5.91 Å². The van der Waals surface area contributed by atoms with Crippen LogP contribution in [0.15, 0.2) is 6.20 Å². The van der Waals surface area contributed by atoms with Crippen molar-refractivity contribution >= 4 is 5.91 Å². The van der Waals surface area contributed by atoms with Gasteiger partial charge in [0, 0.05) is 19.3 Å². The van der Waals surface area contributed by atoms with Gasteiger partial charge in [-0.1, -0.05) is 5.21 Å². The Kier molecular flexibility index (Phi) is 7.06. The standard InChI is InChI=1S/C12H23N5O2/c1-10(9-19-2)14-12(18)8-17-7-11(15-16-17)5-3-4-6-13/h7,10H,3-6,8-9,13H2,1-2H3,(H,14,18). The maximum absolute atomic E-state index is 11.7. The van der Waals surface area contributed by atoms with Crippen LogP contribution in [0.5, 0.6) is 0 Å². The summed E-state index contributed by atoms with van der Waals surface area (Å²) in [6, 6.07) is -0.00922. The van der Waals surface area contributed by atoms with Crippen molar-refractivity contribution < 1.29 is 9.53 Å². The molecule has 0 spiro atoms. The molecular formula is C12H23N5O2. The smallest absolute Gasteiger partial charge is 0.242 e. The van der Waals surface area contributed by atoms with Crippen LogP contribution in [-0.2, 0) is 22.5 Å². The van der Waals surface area contributed by atoms with Crippen LogP contribution in [-0.4, -0.2) is 47.2 Å². The second kappa shape index (κ2) is 8.60. The fourth-order valence-corrected chi connectivity index (χ4v) is 1.74. The summed E-state index contributed by atoms with van der Waals surface area (Å²) in [6.45, 7) is 3.25. The zero-order valence-electron chi connectivity index (χ0n) is 11.6. The minimum absolute atomic E-state index is 0.00922. The lowest BCUT2D eigenvalue weighted by Crippen LogP contribution is -2.37. The molecule has 1 atom stereocenters. The van der Waals surface area contributed by atoms with Gasteiger partial charge in [0.25, 0.3) is 0 Å². The maximum Gasteiger partial charge on any atom is 0.242 e. The molecule has 3 N–H and O–H groups in total. The van der Waals surface area contributed by atoms with Gasteiger partial charge in [0.05, 0.1) is 12.3 Å². The van der Waals surface area contributed by atoms with Gasteiger partial charge in [-0.3, -0.25) is 4.79 Å². The Balaban J connectivity index is 2.34. The number of rotatable bonds is 9. The fraction of sp³-hybridized carbons (Fsp3) is 0.750. The monoisotopic (exact) mass is 269 g/mol. The van der Waals surface area contributed by atoms with Gasteiger partial charge in [0.15, 0.2) is 0 Å². The third-order valence-electron chi connectivity index (χ3n) is 2.60. The van der Waals surface area contributed by atoms with E-state index in [4.69, 9.17) is 10.5 Å². The molecular weight excluding hydrogens is 246 g/mol. The lowest BCUT2D eigenvalue weighted by molar-refractivity contribution is -0.122. The van der Waals surface area contributed by atoms with Crippen LogP contribution in [0.1, 0.15) is 25.5 Å². The quantitative estimate of drug-likeness (QED) is 0.601. The maximum atomic E-state index is 11.7. The summed E-state index contributed by atoms with van der Waals surface area (Å²) in [5.74, 6) is -0.0945.